The van der Waals surface area contributed by atoms with Crippen molar-refractivity contribution in [1.82, 2.24) is 5.32 Å². The normalized spacial score (nSPS) is 27.2. The third-order valence-corrected chi connectivity index (χ3v) is 2.21. The van der Waals surface area contributed by atoms with Gasteiger partial charge in [-0.2, -0.15) is 0 Å². The molecule has 0 aromatic carbocycles. The number of hydrogen-bond donors (Lipinski definition) is 1. The lowest BCUT2D eigenvalue weighted by Crippen LogP contribution is -2.43. The first kappa shape index (κ1) is 12.3. The van der Waals surface area contributed by atoms with Crippen LogP contribution in [0.5, 0.6) is 0 Å². The lowest BCUT2D eigenvalue weighted by Gasteiger charge is -2.29. The molecule has 1 fully saturated rings. The first-order chi connectivity index (χ1) is 6.87. The molecule has 1 amide bonds. The molecule has 88 valence electrons. The van der Waals surface area contributed by atoms with Crippen molar-refractivity contribution >= 4 is 6.09 Å². The molecule has 1 rings (SSSR count). The molecule has 1 heterocycles. The predicted octanol–water partition coefficient (Wildman–Crippen LogP) is 2.08. The van der Waals surface area contributed by atoms with E-state index in [1.165, 1.54) is 0 Å². The Kier molecular flexibility index (Phi) is 3.97. The van der Waals surface area contributed by atoms with Crippen LogP contribution < -0.4 is 5.32 Å². The van der Waals surface area contributed by atoms with Gasteiger partial charge in [0.15, 0.2) is 0 Å². The molecular weight excluding hydrogens is 194 g/mol. The zero-order chi connectivity index (χ0) is 11.5. The average Bonchev–Trinajstić information content (AvgIpc) is 1.99. The van der Waals surface area contributed by atoms with E-state index >= 15 is 0 Å². The number of alkyl carbamates (subject to hydrolysis) is 1. The van der Waals surface area contributed by atoms with Gasteiger partial charge in [-0.25, -0.2) is 4.79 Å². The van der Waals surface area contributed by atoms with Crippen molar-refractivity contribution in [3.05, 3.63) is 0 Å². The highest BCUT2D eigenvalue weighted by Crippen LogP contribution is 2.14. The minimum absolute atomic E-state index is 0.184. The van der Waals surface area contributed by atoms with E-state index in [0.29, 0.717) is 6.61 Å². The standard InChI is InChI=1S/C11H21NO3/c1-8-7-9(5-6-14-8)12-10(13)15-11(2,3)4/h8-9H,5-7H2,1-4H3,(H,12,13)/t8-,9-/m0/s1. The Morgan fingerprint density at radius 1 is 1.47 bits per heavy atom. The smallest absolute Gasteiger partial charge is 0.407 e. The lowest BCUT2D eigenvalue weighted by molar-refractivity contribution is 0.00702. The summed E-state index contributed by atoms with van der Waals surface area (Å²) < 4.78 is 10.6. The molecular formula is C11H21NO3. The zero-order valence-electron chi connectivity index (χ0n) is 10.0. The number of rotatable bonds is 1. The number of carbonyl (C=O) groups is 1. The Morgan fingerprint density at radius 3 is 2.67 bits per heavy atom. The van der Waals surface area contributed by atoms with Crippen LogP contribution in [0.25, 0.3) is 0 Å². The quantitative estimate of drug-likeness (QED) is 0.728. The van der Waals surface area contributed by atoms with Gasteiger partial charge in [0.25, 0.3) is 0 Å². The van der Waals surface area contributed by atoms with Gasteiger partial charge in [0, 0.05) is 12.6 Å². The fourth-order valence-corrected chi connectivity index (χ4v) is 1.60. The molecule has 2 atom stereocenters. The molecule has 0 aromatic rings. The van der Waals surface area contributed by atoms with Gasteiger partial charge in [0.05, 0.1) is 6.10 Å². The van der Waals surface area contributed by atoms with Gasteiger partial charge in [-0.15, -0.1) is 0 Å². The van der Waals surface area contributed by atoms with Gasteiger partial charge in [0.2, 0.25) is 0 Å². The fraction of sp³-hybridized carbons (Fsp3) is 0.909. The van der Waals surface area contributed by atoms with Gasteiger partial charge < -0.3 is 14.8 Å². The Bertz CT molecular complexity index is 222. The molecule has 0 spiro atoms. The average molecular weight is 215 g/mol. The summed E-state index contributed by atoms with van der Waals surface area (Å²) >= 11 is 0. The number of carbonyl (C=O) groups excluding carboxylic acids is 1. The number of nitrogens with one attached hydrogen (secondary N) is 1. The van der Waals surface area contributed by atoms with Gasteiger partial charge in [0.1, 0.15) is 5.60 Å². The van der Waals surface area contributed by atoms with Crippen LogP contribution in [0.4, 0.5) is 4.79 Å². The van der Waals surface area contributed by atoms with E-state index in [1.807, 2.05) is 27.7 Å². The molecule has 0 unspecified atom stereocenters. The summed E-state index contributed by atoms with van der Waals surface area (Å²) in [6.45, 7) is 8.31. The van der Waals surface area contributed by atoms with Gasteiger partial charge in [-0.3, -0.25) is 0 Å². The molecule has 0 aromatic heterocycles. The third-order valence-electron chi connectivity index (χ3n) is 2.21. The first-order valence-corrected chi connectivity index (χ1v) is 5.48. The van der Waals surface area contributed by atoms with Crippen LogP contribution in [0.15, 0.2) is 0 Å². The summed E-state index contributed by atoms with van der Waals surface area (Å²) in [6.07, 6.45) is 1.61. The summed E-state index contributed by atoms with van der Waals surface area (Å²) in [5.41, 5.74) is -0.430. The maximum absolute atomic E-state index is 11.5. The van der Waals surface area contributed by atoms with Gasteiger partial charge in [-0.1, -0.05) is 0 Å². The van der Waals surface area contributed by atoms with E-state index in [4.69, 9.17) is 9.47 Å². The van der Waals surface area contributed by atoms with Crippen LogP contribution in [0.1, 0.15) is 40.5 Å². The highest BCUT2D eigenvalue weighted by Gasteiger charge is 2.23. The Morgan fingerprint density at radius 2 is 2.13 bits per heavy atom. The predicted molar refractivity (Wildman–Crippen MR) is 57.8 cm³/mol. The number of ether oxygens (including phenoxy) is 2. The molecule has 0 bridgehead atoms. The molecule has 1 aliphatic rings. The van der Waals surface area contributed by atoms with Crippen LogP contribution in [0.3, 0.4) is 0 Å². The Balaban J connectivity index is 2.31. The largest absolute Gasteiger partial charge is 0.444 e. The molecule has 1 N–H and O–H groups in total. The van der Waals surface area contributed by atoms with Crippen molar-refractivity contribution in [2.75, 3.05) is 6.61 Å². The highest BCUT2D eigenvalue weighted by atomic mass is 16.6. The van der Waals surface area contributed by atoms with E-state index in [9.17, 15) is 4.79 Å². The Hall–Kier alpha value is -0.770. The molecule has 4 nitrogen and oxygen atoms in total. The zero-order valence-corrected chi connectivity index (χ0v) is 10.0. The lowest BCUT2D eigenvalue weighted by atomic mass is 10.0. The summed E-state index contributed by atoms with van der Waals surface area (Å²) in [7, 11) is 0. The monoisotopic (exact) mass is 215 g/mol. The SMILES string of the molecule is C[C@H]1C[C@@H](NC(=O)OC(C)(C)C)CCO1. The van der Waals surface area contributed by atoms with Crippen molar-refractivity contribution < 1.29 is 14.3 Å². The number of amides is 1. The van der Waals surface area contributed by atoms with Crippen molar-refractivity contribution in [3.63, 3.8) is 0 Å². The van der Waals surface area contributed by atoms with Crippen LogP contribution in [0.2, 0.25) is 0 Å². The fourth-order valence-electron chi connectivity index (χ4n) is 1.60. The minimum Gasteiger partial charge on any atom is -0.444 e. The highest BCUT2D eigenvalue weighted by molar-refractivity contribution is 5.68. The van der Waals surface area contributed by atoms with E-state index in [2.05, 4.69) is 5.32 Å². The molecule has 0 aliphatic carbocycles. The van der Waals surface area contributed by atoms with Crippen molar-refractivity contribution in [2.45, 2.75) is 58.3 Å². The second-order valence-corrected chi connectivity index (χ2v) is 5.05. The minimum atomic E-state index is -0.430. The summed E-state index contributed by atoms with van der Waals surface area (Å²) in [4.78, 5) is 11.5. The molecule has 0 radical (unpaired) electrons. The van der Waals surface area contributed by atoms with Crippen LogP contribution >= 0.6 is 0 Å². The van der Waals surface area contributed by atoms with Gasteiger partial charge in [-0.05, 0) is 40.5 Å². The van der Waals surface area contributed by atoms with Crippen LogP contribution in [-0.4, -0.2) is 30.4 Å². The molecule has 4 heteroatoms. The molecule has 15 heavy (non-hydrogen) atoms. The van der Waals surface area contributed by atoms with E-state index in [-0.39, 0.29) is 18.2 Å². The van der Waals surface area contributed by atoms with Crippen LogP contribution in [-0.2, 0) is 9.47 Å². The van der Waals surface area contributed by atoms with Gasteiger partial charge >= 0.3 is 6.09 Å². The molecule has 1 saturated heterocycles. The third kappa shape index (κ3) is 5.02. The van der Waals surface area contributed by atoms with Crippen molar-refractivity contribution in [1.29, 1.82) is 0 Å². The first-order valence-electron chi connectivity index (χ1n) is 5.48. The molecule has 1 aliphatic heterocycles. The second-order valence-electron chi connectivity index (χ2n) is 5.05. The summed E-state index contributed by atoms with van der Waals surface area (Å²) in [6, 6.07) is 0.184. The maximum Gasteiger partial charge on any atom is 0.407 e. The maximum atomic E-state index is 11.5. The van der Waals surface area contributed by atoms with Crippen LogP contribution in [0, 0.1) is 0 Å². The van der Waals surface area contributed by atoms with Crippen molar-refractivity contribution in [3.8, 4) is 0 Å². The topological polar surface area (TPSA) is 47.6 Å². The van der Waals surface area contributed by atoms with E-state index < -0.39 is 5.60 Å². The number of hydrogen-bond acceptors (Lipinski definition) is 3. The summed E-state index contributed by atoms with van der Waals surface area (Å²) in [5.74, 6) is 0. The molecule has 0 saturated carbocycles. The van der Waals surface area contributed by atoms with E-state index in [1.54, 1.807) is 0 Å². The van der Waals surface area contributed by atoms with Crippen molar-refractivity contribution in [2.24, 2.45) is 0 Å². The summed E-state index contributed by atoms with van der Waals surface area (Å²) in [5, 5.41) is 2.86. The van der Waals surface area contributed by atoms with E-state index in [0.717, 1.165) is 12.8 Å². The Labute approximate surface area is 91.3 Å². The second kappa shape index (κ2) is 4.84.